The average molecular weight is 400 g/mol. The Kier molecular flexibility index (Phi) is 4.28. The van der Waals surface area contributed by atoms with Crippen LogP contribution >= 0.6 is 11.3 Å². The maximum atomic E-state index is 14.9. The van der Waals surface area contributed by atoms with Gasteiger partial charge in [-0.15, -0.1) is 10.2 Å². The van der Waals surface area contributed by atoms with Gasteiger partial charge in [-0.1, -0.05) is 17.4 Å². The third-order valence-electron chi connectivity index (χ3n) is 5.91. The van der Waals surface area contributed by atoms with Crippen molar-refractivity contribution in [3.63, 3.8) is 0 Å². The molecule has 146 valence electrons. The van der Waals surface area contributed by atoms with Crippen LogP contribution in [0.15, 0.2) is 30.6 Å². The molecule has 1 aliphatic carbocycles. The number of halogens is 1. The summed E-state index contributed by atoms with van der Waals surface area (Å²) in [5, 5.41) is 30.3. The third kappa shape index (κ3) is 2.85. The van der Waals surface area contributed by atoms with E-state index in [1.807, 2.05) is 24.1 Å². The van der Waals surface area contributed by atoms with E-state index < -0.39 is 6.17 Å². The zero-order chi connectivity index (χ0) is 19.3. The van der Waals surface area contributed by atoms with Gasteiger partial charge in [-0.25, -0.2) is 4.39 Å². The van der Waals surface area contributed by atoms with Crippen LogP contribution in [0.5, 0.6) is 5.75 Å². The maximum absolute atomic E-state index is 14.9. The standard InChI is InChI=1S/C19H21FN6OS/c1-26(17-11-3-5-14(16(17)20)21-7-11)19-25-24-18(28-19)13-4-2-10(6-15(13)27)12-8-22-23-9-12/h2,4,6,8-9,11,14,16-17,21,27H,3,5,7H2,1H3,(H,22,23)/t11?,14-,16?,17-/m0/s1. The molecule has 2 unspecified atom stereocenters. The molecule has 2 aromatic heterocycles. The fourth-order valence-corrected chi connectivity index (χ4v) is 5.27. The molecule has 0 amide bonds. The van der Waals surface area contributed by atoms with Gasteiger partial charge in [0.2, 0.25) is 5.13 Å². The number of aromatic amines is 1. The first-order valence-electron chi connectivity index (χ1n) is 9.38. The number of piperidine rings is 2. The first-order chi connectivity index (χ1) is 13.6. The molecule has 0 spiro atoms. The lowest BCUT2D eigenvalue weighted by molar-refractivity contribution is 0.0705. The molecule has 4 atom stereocenters. The highest BCUT2D eigenvalue weighted by Crippen LogP contribution is 2.40. The quantitative estimate of drug-likeness (QED) is 0.624. The van der Waals surface area contributed by atoms with E-state index in [0.717, 1.165) is 30.5 Å². The topological polar surface area (TPSA) is 90.0 Å². The van der Waals surface area contributed by atoms with E-state index in [4.69, 9.17) is 0 Å². The number of benzene rings is 1. The Balaban J connectivity index is 1.40. The molecule has 4 heterocycles. The van der Waals surface area contributed by atoms with Crippen molar-refractivity contribution in [2.45, 2.75) is 31.1 Å². The fraction of sp³-hybridized carbons (Fsp3) is 0.421. The molecule has 1 saturated carbocycles. The van der Waals surface area contributed by atoms with Crippen LogP contribution in [-0.2, 0) is 0 Å². The summed E-state index contributed by atoms with van der Waals surface area (Å²) in [5.41, 5.74) is 2.38. The molecule has 0 radical (unpaired) electrons. The second kappa shape index (κ2) is 6.82. The largest absolute Gasteiger partial charge is 0.507 e. The Morgan fingerprint density at radius 1 is 1.25 bits per heavy atom. The number of hydrogen-bond donors (Lipinski definition) is 3. The van der Waals surface area contributed by atoms with Gasteiger partial charge < -0.3 is 15.3 Å². The van der Waals surface area contributed by atoms with Crippen molar-refractivity contribution in [2.75, 3.05) is 18.5 Å². The summed E-state index contributed by atoms with van der Waals surface area (Å²) in [6.07, 6.45) is 4.50. The van der Waals surface area contributed by atoms with Gasteiger partial charge in [0.15, 0.2) is 5.01 Å². The molecule has 1 aromatic carbocycles. The van der Waals surface area contributed by atoms with Gasteiger partial charge in [-0.05, 0) is 36.5 Å². The lowest BCUT2D eigenvalue weighted by Gasteiger charge is -2.48. The zero-order valence-electron chi connectivity index (χ0n) is 15.3. The van der Waals surface area contributed by atoms with Crippen molar-refractivity contribution in [1.29, 1.82) is 0 Å². The van der Waals surface area contributed by atoms with Crippen LogP contribution in [0.3, 0.4) is 0 Å². The molecule has 7 nitrogen and oxygen atoms in total. The van der Waals surface area contributed by atoms with E-state index in [1.165, 1.54) is 11.3 Å². The Morgan fingerprint density at radius 2 is 2.14 bits per heavy atom. The van der Waals surface area contributed by atoms with Gasteiger partial charge in [-0.3, -0.25) is 5.10 Å². The SMILES string of the molecule is CN(c1nnc(-c2ccc(-c3cn[nH]c3)cc2O)s1)[C@H]1C2CC[C@H](NC2)C1F. The smallest absolute Gasteiger partial charge is 0.208 e. The van der Waals surface area contributed by atoms with Gasteiger partial charge in [-0.2, -0.15) is 5.10 Å². The molecule has 2 aliphatic heterocycles. The number of H-pyrrole nitrogens is 1. The van der Waals surface area contributed by atoms with Crippen molar-refractivity contribution in [2.24, 2.45) is 5.92 Å². The van der Waals surface area contributed by atoms with Gasteiger partial charge in [0, 0.05) is 31.4 Å². The summed E-state index contributed by atoms with van der Waals surface area (Å²) in [5.74, 6) is 0.411. The summed E-state index contributed by atoms with van der Waals surface area (Å²) < 4.78 is 14.9. The monoisotopic (exact) mass is 400 g/mol. The van der Waals surface area contributed by atoms with Crippen LogP contribution in [0.2, 0.25) is 0 Å². The summed E-state index contributed by atoms with van der Waals surface area (Å²) >= 11 is 1.37. The Morgan fingerprint density at radius 3 is 2.82 bits per heavy atom. The molecule has 3 aliphatic rings. The second-order valence-electron chi connectivity index (χ2n) is 7.51. The molecule has 3 aromatic rings. The maximum Gasteiger partial charge on any atom is 0.208 e. The minimum atomic E-state index is -0.910. The lowest BCUT2D eigenvalue weighted by atomic mass is 9.75. The number of alkyl halides is 1. The number of phenols is 1. The third-order valence-corrected chi connectivity index (χ3v) is 6.95. The minimum absolute atomic E-state index is 0.0654. The van der Waals surface area contributed by atoms with Crippen LogP contribution in [0.25, 0.3) is 21.7 Å². The number of aromatic nitrogens is 4. The van der Waals surface area contributed by atoms with Crippen LogP contribution in [0, 0.1) is 5.92 Å². The van der Waals surface area contributed by atoms with Crippen molar-refractivity contribution in [3.8, 4) is 27.4 Å². The number of anilines is 1. The predicted octanol–water partition coefficient (Wildman–Crippen LogP) is 2.83. The van der Waals surface area contributed by atoms with E-state index in [-0.39, 0.29) is 23.8 Å². The van der Waals surface area contributed by atoms with E-state index in [0.29, 0.717) is 15.7 Å². The molecule has 6 rings (SSSR count). The number of rotatable bonds is 4. The molecule has 3 fully saturated rings. The van der Waals surface area contributed by atoms with Crippen molar-refractivity contribution >= 4 is 16.5 Å². The van der Waals surface area contributed by atoms with Gasteiger partial charge in [0.25, 0.3) is 0 Å². The number of nitrogens with zero attached hydrogens (tertiary/aromatic N) is 4. The van der Waals surface area contributed by atoms with Crippen molar-refractivity contribution < 1.29 is 9.50 Å². The first-order valence-corrected chi connectivity index (χ1v) is 10.2. The molecule has 2 bridgehead atoms. The van der Waals surface area contributed by atoms with E-state index >= 15 is 0 Å². The van der Waals surface area contributed by atoms with Crippen molar-refractivity contribution in [1.82, 2.24) is 25.7 Å². The highest BCUT2D eigenvalue weighted by Gasteiger charge is 2.46. The van der Waals surface area contributed by atoms with E-state index in [1.54, 1.807) is 18.5 Å². The summed E-state index contributed by atoms with van der Waals surface area (Å²) in [4.78, 5) is 1.93. The molecular weight excluding hydrogens is 379 g/mol. The lowest BCUT2D eigenvalue weighted by Crippen LogP contribution is -2.64. The number of hydrogen-bond acceptors (Lipinski definition) is 7. The number of aromatic hydroxyl groups is 1. The Labute approximate surface area is 165 Å². The van der Waals surface area contributed by atoms with E-state index in [9.17, 15) is 9.50 Å². The van der Waals surface area contributed by atoms with Crippen molar-refractivity contribution in [3.05, 3.63) is 30.6 Å². The fourth-order valence-electron chi connectivity index (χ4n) is 4.39. The van der Waals surface area contributed by atoms with Crippen LogP contribution < -0.4 is 10.2 Å². The number of nitrogens with one attached hydrogen (secondary N) is 2. The molecule has 3 N–H and O–H groups in total. The summed E-state index contributed by atoms with van der Waals surface area (Å²) in [6, 6.07) is 5.18. The Bertz CT molecular complexity index is 967. The first kappa shape index (κ1) is 17.6. The normalized spacial score (nSPS) is 26.5. The number of phenolic OH excluding ortho intramolecular Hbond substituents is 1. The average Bonchev–Trinajstić information content (AvgIpc) is 3.41. The van der Waals surface area contributed by atoms with Crippen LogP contribution in [0.1, 0.15) is 12.8 Å². The molecule has 9 heteroatoms. The van der Waals surface area contributed by atoms with Gasteiger partial charge >= 0.3 is 0 Å². The second-order valence-corrected chi connectivity index (χ2v) is 8.46. The van der Waals surface area contributed by atoms with Crippen LogP contribution in [-0.4, -0.2) is 57.3 Å². The Hall–Kier alpha value is -2.52. The number of fused-ring (bicyclic) bond motifs is 3. The van der Waals surface area contributed by atoms with Gasteiger partial charge in [0.05, 0.1) is 17.8 Å². The molecule has 28 heavy (non-hydrogen) atoms. The van der Waals surface area contributed by atoms with Crippen LogP contribution in [0.4, 0.5) is 9.52 Å². The van der Waals surface area contributed by atoms with Gasteiger partial charge in [0.1, 0.15) is 11.9 Å². The highest BCUT2D eigenvalue weighted by atomic mass is 32.1. The highest BCUT2D eigenvalue weighted by molar-refractivity contribution is 7.18. The van der Waals surface area contributed by atoms with E-state index in [2.05, 4.69) is 25.7 Å². The molecular formula is C19H21FN6OS. The predicted molar refractivity (Wildman–Crippen MR) is 106 cm³/mol. The minimum Gasteiger partial charge on any atom is -0.507 e. The summed E-state index contributed by atoms with van der Waals surface area (Å²) in [7, 11) is 1.89. The summed E-state index contributed by atoms with van der Waals surface area (Å²) in [6.45, 7) is 0.849. The molecule has 2 saturated heterocycles. The zero-order valence-corrected chi connectivity index (χ0v) is 16.2.